The molecule has 1 amide bonds. The number of alkyl carbamates (subject to hydrolysis) is 1. The lowest BCUT2D eigenvalue weighted by atomic mass is 9.63. The van der Waals surface area contributed by atoms with E-state index in [1.807, 2.05) is 20.8 Å². The normalized spacial score (nSPS) is 36.7. The van der Waals surface area contributed by atoms with E-state index >= 15 is 0 Å². The molecule has 3 fully saturated rings. The van der Waals surface area contributed by atoms with E-state index in [0.29, 0.717) is 0 Å². The van der Waals surface area contributed by atoms with Crippen molar-refractivity contribution in [3.63, 3.8) is 0 Å². The summed E-state index contributed by atoms with van der Waals surface area (Å²) in [5.74, 6) is 0.736. The third-order valence-electron chi connectivity index (χ3n) is 3.99. The highest BCUT2D eigenvalue weighted by atomic mass is 16.6. The molecule has 98 valence electrons. The SMILES string of the molecule is CC(C)(C)OC(=O)N[C@H]1CC2CCC1(N)CC2. The summed E-state index contributed by atoms with van der Waals surface area (Å²) >= 11 is 0. The average Bonchev–Trinajstić information content (AvgIpc) is 2.17. The Labute approximate surface area is 103 Å². The van der Waals surface area contributed by atoms with Crippen LogP contribution in [0, 0.1) is 5.92 Å². The van der Waals surface area contributed by atoms with E-state index in [4.69, 9.17) is 10.5 Å². The Morgan fingerprint density at radius 1 is 1.35 bits per heavy atom. The molecule has 2 bridgehead atoms. The van der Waals surface area contributed by atoms with Gasteiger partial charge in [0, 0.05) is 5.54 Å². The zero-order chi connectivity index (χ0) is 12.7. The molecule has 0 heterocycles. The molecule has 3 N–H and O–H groups in total. The minimum Gasteiger partial charge on any atom is -0.444 e. The van der Waals surface area contributed by atoms with Gasteiger partial charge in [0.05, 0.1) is 6.04 Å². The number of ether oxygens (including phenoxy) is 1. The van der Waals surface area contributed by atoms with Crippen LogP contribution in [0.4, 0.5) is 4.79 Å². The van der Waals surface area contributed by atoms with Crippen molar-refractivity contribution in [3.8, 4) is 0 Å². The first-order valence-corrected chi connectivity index (χ1v) is 6.57. The van der Waals surface area contributed by atoms with Crippen molar-refractivity contribution >= 4 is 6.09 Å². The highest BCUT2D eigenvalue weighted by Crippen LogP contribution is 2.42. The molecule has 0 unspecified atom stereocenters. The topological polar surface area (TPSA) is 64.3 Å². The van der Waals surface area contributed by atoms with Gasteiger partial charge in [0.2, 0.25) is 0 Å². The largest absolute Gasteiger partial charge is 0.444 e. The number of hydrogen-bond donors (Lipinski definition) is 2. The predicted octanol–water partition coefficient (Wildman–Crippen LogP) is 2.17. The lowest BCUT2D eigenvalue weighted by Gasteiger charge is -2.50. The molecule has 3 aliphatic carbocycles. The van der Waals surface area contributed by atoms with Crippen LogP contribution >= 0.6 is 0 Å². The molecule has 17 heavy (non-hydrogen) atoms. The third kappa shape index (κ3) is 2.92. The molecule has 0 aromatic carbocycles. The quantitative estimate of drug-likeness (QED) is 0.738. The number of carbonyl (C=O) groups is 1. The first-order valence-electron chi connectivity index (χ1n) is 6.57. The van der Waals surface area contributed by atoms with Crippen molar-refractivity contribution in [1.29, 1.82) is 0 Å². The van der Waals surface area contributed by atoms with Gasteiger partial charge in [-0.25, -0.2) is 4.79 Å². The monoisotopic (exact) mass is 240 g/mol. The maximum absolute atomic E-state index is 11.8. The lowest BCUT2D eigenvalue weighted by molar-refractivity contribution is 0.0351. The van der Waals surface area contributed by atoms with E-state index in [0.717, 1.165) is 25.2 Å². The van der Waals surface area contributed by atoms with Crippen molar-refractivity contribution in [2.75, 3.05) is 0 Å². The number of nitrogens with two attached hydrogens (primary N) is 1. The Bertz CT molecular complexity index is 301. The van der Waals surface area contributed by atoms with Crippen molar-refractivity contribution in [2.24, 2.45) is 11.7 Å². The van der Waals surface area contributed by atoms with Gasteiger partial charge in [-0.3, -0.25) is 0 Å². The molecule has 4 nitrogen and oxygen atoms in total. The van der Waals surface area contributed by atoms with Crippen molar-refractivity contribution in [2.45, 2.75) is 70.1 Å². The van der Waals surface area contributed by atoms with E-state index in [1.165, 1.54) is 12.8 Å². The standard InChI is InChI=1S/C13H24N2O2/c1-12(2,3)17-11(16)15-10-8-9-4-6-13(10,14)7-5-9/h9-10H,4-8,14H2,1-3H3,(H,15,16)/t9?,10-,13?/m0/s1. The van der Waals surface area contributed by atoms with Gasteiger partial charge in [-0.05, 0) is 58.8 Å². The fourth-order valence-corrected chi connectivity index (χ4v) is 3.02. The van der Waals surface area contributed by atoms with E-state index in [2.05, 4.69) is 5.32 Å². The molecule has 0 spiro atoms. The Kier molecular flexibility index (Phi) is 3.10. The summed E-state index contributed by atoms with van der Waals surface area (Å²) in [6, 6.07) is 0.0878. The Hall–Kier alpha value is -0.770. The summed E-state index contributed by atoms with van der Waals surface area (Å²) in [5, 5.41) is 2.96. The fraction of sp³-hybridized carbons (Fsp3) is 0.923. The van der Waals surface area contributed by atoms with Gasteiger partial charge in [0.25, 0.3) is 0 Å². The van der Waals surface area contributed by atoms with E-state index < -0.39 is 5.60 Å². The van der Waals surface area contributed by atoms with Gasteiger partial charge in [-0.2, -0.15) is 0 Å². The second-order valence-electron chi connectivity index (χ2n) is 6.61. The predicted molar refractivity (Wildman–Crippen MR) is 66.7 cm³/mol. The molecule has 4 heteroatoms. The Morgan fingerprint density at radius 3 is 2.41 bits per heavy atom. The number of hydrogen-bond acceptors (Lipinski definition) is 3. The van der Waals surface area contributed by atoms with E-state index in [1.54, 1.807) is 0 Å². The van der Waals surface area contributed by atoms with Gasteiger partial charge in [-0.1, -0.05) is 0 Å². The maximum Gasteiger partial charge on any atom is 0.407 e. The van der Waals surface area contributed by atoms with Crippen LogP contribution in [0.5, 0.6) is 0 Å². The number of fused-ring (bicyclic) bond motifs is 3. The molecular formula is C13H24N2O2. The minimum atomic E-state index is -0.445. The average molecular weight is 240 g/mol. The van der Waals surface area contributed by atoms with Crippen LogP contribution in [0.15, 0.2) is 0 Å². The molecule has 1 atom stereocenters. The van der Waals surface area contributed by atoms with Gasteiger partial charge in [0.15, 0.2) is 0 Å². The molecule has 0 radical (unpaired) electrons. The molecule has 3 aliphatic rings. The van der Waals surface area contributed by atoms with Crippen molar-refractivity contribution in [3.05, 3.63) is 0 Å². The first-order chi connectivity index (χ1) is 7.78. The van der Waals surface area contributed by atoms with Gasteiger partial charge < -0.3 is 15.8 Å². The fourth-order valence-electron chi connectivity index (χ4n) is 3.02. The van der Waals surface area contributed by atoms with Gasteiger partial charge >= 0.3 is 6.09 Å². The number of carbonyl (C=O) groups excluding carboxylic acids is 1. The summed E-state index contributed by atoms with van der Waals surface area (Å²) in [6.07, 6.45) is 5.15. The Balaban J connectivity index is 1.93. The highest BCUT2D eigenvalue weighted by Gasteiger charge is 2.46. The molecule has 3 rings (SSSR count). The van der Waals surface area contributed by atoms with Crippen LogP contribution in [0.25, 0.3) is 0 Å². The zero-order valence-electron chi connectivity index (χ0n) is 11.1. The molecule has 0 aromatic rings. The molecular weight excluding hydrogens is 216 g/mol. The van der Waals surface area contributed by atoms with Gasteiger partial charge in [-0.15, -0.1) is 0 Å². The first kappa shape index (κ1) is 12.7. The summed E-state index contributed by atoms with van der Waals surface area (Å²) in [5.41, 5.74) is 5.73. The maximum atomic E-state index is 11.8. The molecule has 0 saturated heterocycles. The second kappa shape index (κ2) is 4.16. The summed E-state index contributed by atoms with van der Waals surface area (Å²) in [4.78, 5) is 11.8. The summed E-state index contributed by atoms with van der Waals surface area (Å²) < 4.78 is 5.29. The smallest absolute Gasteiger partial charge is 0.407 e. The summed E-state index contributed by atoms with van der Waals surface area (Å²) in [7, 11) is 0. The molecule has 0 aliphatic heterocycles. The zero-order valence-corrected chi connectivity index (χ0v) is 11.1. The van der Waals surface area contributed by atoms with Crippen LogP contribution in [-0.2, 0) is 4.74 Å². The van der Waals surface area contributed by atoms with E-state index in [9.17, 15) is 4.79 Å². The van der Waals surface area contributed by atoms with Crippen LogP contribution in [-0.4, -0.2) is 23.3 Å². The Morgan fingerprint density at radius 2 is 1.94 bits per heavy atom. The van der Waals surface area contributed by atoms with Crippen LogP contribution in [0.1, 0.15) is 52.9 Å². The number of rotatable bonds is 1. The molecule has 0 aromatic heterocycles. The number of amides is 1. The highest BCUT2D eigenvalue weighted by molar-refractivity contribution is 5.68. The van der Waals surface area contributed by atoms with Crippen LogP contribution in [0.3, 0.4) is 0 Å². The van der Waals surface area contributed by atoms with Crippen LogP contribution in [0.2, 0.25) is 0 Å². The van der Waals surface area contributed by atoms with Crippen molar-refractivity contribution in [1.82, 2.24) is 5.32 Å². The summed E-state index contributed by atoms with van der Waals surface area (Å²) in [6.45, 7) is 5.62. The lowest BCUT2D eigenvalue weighted by Crippen LogP contribution is -2.64. The van der Waals surface area contributed by atoms with E-state index in [-0.39, 0.29) is 17.7 Å². The molecule has 3 saturated carbocycles. The second-order valence-corrected chi connectivity index (χ2v) is 6.61. The third-order valence-corrected chi connectivity index (χ3v) is 3.99. The van der Waals surface area contributed by atoms with Crippen molar-refractivity contribution < 1.29 is 9.53 Å². The minimum absolute atomic E-state index is 0.0878. The van der Waals surface area contributed by atoms with Crippen LogP contribution < -0.4 is 11.1 Å². The van der Waals surface area contributed by atoms with Gasteiger partial charge in [0.1, 0.15) is 5.60 Å². The number of nitrogens with one attached hydrogen (secondary N) is 1.